The van der Waals surface area contributed by atoms with E-state index >= 15 is 0 Å². The molecule has 3 heterocycles. The SMILES string of the molecule is CN(CCNC(=O)NN)CC1OC(n2cnc3c(N)ncnc32)C(O)C1O. The van der Waals surface area contributed by atoms with Crippen LogP contribution in [0.3, 0.4) is 0 Å². The first-order valence-corrected chi connectivity index (χ1v) is 8.30. The van der Waals surface area contributed by atoms with E-state index < -0.39 is 30.6 Å². The highest BCUT2D eigenvalue weighted by Gasteiger charge is 2.44. The number of hydrogen-bond donors (Lipinski definition) is 6. The maximum Gasteiger partial charge on any atom is 0.328 e. The summed E-state index contributed by atoms with van der Waals surface area (Å²) in [5, 5.41) is 23.3. The fourth-order valence-electron chi connectivity index (χ4n) is 2.98. The maximum atomic E-state index is 11.0. The molecule has 1 aliphatic rings. The molecule has 2 aromatic heterocycles. The number of amides is 2. The predicted molar refractivity (Wildman–Crippen MR) is 93.9 cm³/mol. The minimum absolute atomic E-state index is 0.220. The van der Waals surface area contributed by atoms with Crippen molar-refractivity contribution in [1.29, 1.82) is 0 Å². The molecule has 27 heavy (non-hydrogen) atoms. The van der Waals surface area contributed by atoms with Crippen LogP contribution >= 0.6 is 0 Å². The Hall–Kier alpha value is -2.58. The van der Waals surface area contributed by atoms with E-state index in [4.69, 9.17) is 16.3 Å². The number of nitrogens with two attached hydrogens (primary N) is 2. The summed E-state index contributed by atoms with van der Waals surface area (Å²) in [6.45, 7) is 1.19. The van der Waals surface area contributed by atoms with Crippen molar-refractivity contribution >= 4 is 23.0 Å². The second-order valence-electron chi connectivity index (χ2n) is 6.29. The highest BCUT2D eigenvalue weighted by molar-refractivity contribution is 5.81. The average molecular weight is 381 g/mol. The highest BCUT2D eigenvalue weighted by atomic mass is 16.6. The number of likely N-dealkylation sites (N-methyl/N-ethyl adjacent to an activating group) is 1. The quantitative estimate of drug-likeness (QED) is 0.172. The number of carbonyl (C=O) groups is 1. The molecule has 4 unspecified atom stereocenters. The Morgan fingerprint density at radius 2 is 2.15 bits per heavy atom. The fraction of sp³-hybridized carbons (Fsp3) is 0.571. The Bertz CT molecular complexity index is 800. The lowest BCUT2D eigenvalue weighted by Gasteiger charge is -2.22. The zero-order valence-electron chi connectivity index (χ0n) is 14.7. The normalized spacial score (nSPS) is 25.2. The van der Waals surface area contributed by atoms with Crippen LogP contribution in [0.15, 0.2) is 12.7 Å². The highest BCUT2D eigenvalue weighted by Crippen LogP contribution is 2.32. The Kier molecular flexibility index (Phi) is 5.67. The van der Waals surface area contributed by atoms with Crippen LogP contribution in [0.2, 0.25) is 0 Å². The number of urea groups is 1. The van der Waals surface area contributed by atoms with Crippen molar-refractivity contribution in [2.75, 3.05) is 32.4 Å². The van der Waals surface area contributed by atoms with Crippen LogP contribution in [0.4, 0.5) is 10.6 Å². The van der Waals surface area contributed by atoms with Gasteiger partial charge in [-0.25, -0.2) is 25.6 Å². The van der Waals surface area contributed by atoms with E-state index in [2.05, 4.69) is 20.3 Å². The summed E-state index contributed by atoms with van der Waals surface area (Å²) < 4.78 is 7.38. The second-order valence-corrected chi connectivity index (χ2v) is 6.29. The molecule has 13 heteroatoms. The van der Waals surface area contributed by atoms with Gasteiger partial charge < -0.3 is 30.9 Å². The molecular formula is C14H23N9O4. The number of aromatic nitrogens is 4. The van der Waals surface area contributed by atoms with E-state index in [0.717, 1.165) is 0 Å². The maximum absolute atomic E-state index is 11.0. The van der Waals surface area contributed by atoms with Gasteiger partial charge in [0.05, 0.1) is 6.33 Å². The largest absolute Gasteiger partial charge is 0.387 e. The van der Waals surface area contributed by atoms with Crippen molar-refractivity contribution < 1.29 is 19.7 Å². The van der Waals surface area contributed by atoms with Gasteiger partial charge in [0, 0.05) is 19.6 Å². The monoisotopic (exact) mass is 381 g/mol. The van der Waals surface area contributed by atoms with Gasteiger partial charge in [0.1, 0.15) is 30.2 Å². The summed E-state index contributed by atoms with van der Waals surface area (Å²) in [7, 11) is 1.80. The lowest BCUT2D eigenvalue weighted by molar-refractivity contribution is -0.0420. The van der Waals surface area contributed by atoms with Gasteiger partial charge in [-0.15, -0.1) is 0 Å². The minimum Gasteiger partial charge on any atom is -0.387 e. The predicted octanol–water partition coefficient (Wildman–Crippen LogP) is -2.87. The van der Waals surface area contributed by atoms with Crippen LogP contribution in [0, 0.1) is 0 Å². The Labute approximate surface area is 154 Å². The number of hydrogen-bond acceptors (Lipinski definition) is 10. The molecule has 0 bridgehead atoms. The molecule has 2 aromatic rings. The molecule has 0 aliphatic carbocycles. The van der Waals surface area contributed by atoms with Crippen molar-refractivity contribution in [3.63, 3.8) is 0 Å². The molecule has 0 aromatic carbocycles. The summed E-state index contributed by atoms with van der Waals surface area (Å²) >= 11 is 0. The van der Waals surface area contributed by atoms with Gasteiger partial charge in [-0.1, -0.05) is 0 Å². The minimum atomic E-state index is -1.17. The van der Waals surface area contributed by atoms with E-state index in [9.17, 15) is 15.0 Å². The number of hydrazine groups is 1. The number of aliphatic hydroxyl groups excluding tert-OH is 2. The number of fused-ring (bicyclic) bond motifs is 1. The van der Waals surface area contributed by atoms with Crippen LogP contribution in [-0.4, -0.2) is 85.7 Å². The lowest BCUT2D eigenvalue weighted by Crippen LogP contribution is -2.44. The molecule has 13 nitrogen and oxygen atoms in total. The van der Waals surface area contributed by atoms with E-state index in [1.165, 1.54) is 17.2 Å². The fourth-order valence-corrected chi connectivity index (χ4v) is 2.98. The van der Waals surface area contributed by atoms with E-state index in [1.807, 2.05) is 10.3 Å². The molecule has 1 fully saturated rings. The van der Waals surface area contributed by atoms with Crippen molar-refractivity contribution in [3.05, 3.63) is 12.7 Å². The number of nitrogen functional groups attached to an aromatic ring is 1. The molecule has 1 aliphatic heterocycles. The summed E-state index contributed by atoms with van der Waals surface area (Å²) in [6, 6.07) is -0.482. The van der Waals surface area contributed by atoms with Gasteiger partial charge in [0.25, 0.3) is 0 Å². The zero-order valence-corrected chi connectivity index (χ0v) is 14.7. The Morgan fingerprint density at radius 1 is 1.37 bits per heavy atom. The number of nitrogens with one attached hydrogen (secondary N) is 2. The smallest absolute Gasteiger partial charge is 0.328 e. The summed E-state index contributed by atoms with van der Waals surface area (Å²) in [6.07, 6.45) is -1.04. The third-order valence-corrected chi connectivity index (χ3v) is 4.40. The molecule has 0 spiro atoms. The number of imidazole rings is 1. The molecule has 8 N–H and O–H groups in total. The molecule has 2 amide bonds. The summed E-state index contributed by atoms with van der Waals surface area (Å²) in [4.78, 5) is 25.0. The average Bonchev–Trinajstić information content (AvgIpc) is 3.19. The van der Waals surface area contributed by atoms with Gasteiger partial charge in [-0.05, 0) is 7.05 Å². The standard InChI is InChI=1S/C14H23N9O4/c1-22(3-2-17-14(26)21-16)4-7-9(24)10(25)13(27-7)23-6-20-8-11(15)18-5-19-12(8)23/h5-7,9-10,13,24-25H,2-4,16H2,1H3,(H2,15,18,19)(H2,17,21,26). The number of carbonyl (C=O) groups excluding carboxylic acids is 1. The molecule has 4 atom stereocenters. The van der Waals surface area contributed by atoms with Crippen LogP contribution in [-0.2, 0) is 4.74 Å². The molecule has 1 saturated heterocycles. The van der Waals surface area contributed by atoms with Crippen molar-refractivity contribution in [3.8, 4) is 0 Å². The number of ether oxygens (including phenoxy) is 1. The van der Waals surface area contributed by atoms with E-state index in [-0.39, 0.29) is 5.82 Å². The first-order chi connectivity index (χ1) is 12.9. The third-order valence-electron chi connectivity index (χ3n) is 4.40. The van der Waals surface area contributed by atoms with Crippen LogP contribution < -0.4 is 22.3 Å². The van der Waals surface area contributed by atoms with Crippen LogP contribution in [0.1, 0.15) is 6.23 Å². The zero-order chi connectivity index (χ0) is 19.6. The summed E-state index contributed by atoms with van der Waals surface area (Å²) in [5.74, 6) is 5.20. The first kappa shape index (κ1) is 19.2. The van der Waals surface area contributed by atoms with Crippen molar-refractivity contribution in [2.45, 2.75) is 24.5 Å². The Morgan fingerprint density at radius 3 is 2.89 bits per heavy atom. The molecule has 148 valence electrons. The van der Waals surface area contributed by atoms with Gasteiger partial charge in [-0.3, -0.25) is 9.99 Å². The first-order valence-electron chi connectivity index (χ1n) is 8.30. The van der Waals surface area contributed by atoms with Crippen LogP contribution in [0.5, 0.6) is 0 Å². The Balaban J connectivity index is 1.65. The van der Waals surface area contributed by atoms with E-state index in [1.54, 1.807) is 7.05 Å². The second kappa shape index (κ2) is 7.98. The third kappa shape index (κ3) is 3.91. The number of anilines is 1. The van der Waals surface area contributed by atoms with Crippen molar-refractivity contribution in [1.82, 2.24) is 35.2 Å². The number of aliphatic hydroxyl groups is 2. The van der Waals surface area contributed by atoms with Crippen LogP contribution in [0.25, 0.3) is 11.2 Å². The van der Waals surface area contributed by atoms with Gasteiger partial charge in [-0.2, -0.15) is 0 Å². The van der Waals surface area contributed by atoms with Gasteiger partial charge >= 0.3 is 6.03 Å². The molecule has 0 saturated carbocycles. The van der Waals surface area contributed by atoms with Gasteiger partial charge in [0.2, 0.25) is 0 Å². The van der Waals surface area contributed by atoms with E-state index in [0.29, 0.717) is 30.8 Å². The molecular weight excluding hydrogens is 358 g/mol. The number of rotatable bonds is 6. The van der Waals surface area contributed by atoms with Gasteiger partial charge in [0.15, 0.2) is 17.7 Å². The molecule has 0 radical (unpaired) electrons. The number of nitrogens with zero attached hydrogens (tertiary/aromatic N) is 5. The summed E-state index contributed by atoms with van der Waals surface area (Å²) in [5.41, 5.74) is 8.55. The topological polar surface area (TPSA) is 190 Å². The molecule has 3 rings (SSSR count). The van der Waals surface area contributed by atoms with Crippen molar-refractivity contribution in [2.24, 2.45) is 5.84 Å². The lowest BCUT2D eigenvalue weighted by atomic mass is 10.1.